The first kappa shape index (κ1) is 11.6. The molecule has 0 bridgehead atoms. The van der Waals surface area contributed by atoms with Gasteiger partial charge in [-0.2, -0.15) is 5.10 Å². The van der Waals surface area contributed by atoms with E-state index < -0.39 is 0 Å². The Morgan fingerprint density at radius 3 is 3.06 bits per heavy atom. The van der Waals surface area contributed by atoms with Gasteiger partial charge >= 0.3 is 0 Å². The average molecular weight is 247 g/mol. The lowest BCUT2D eigenvalue weighted by Crippen LogP contribution is -2.20. The van der Waals surface area contributed by atoms with E-state index in [1.54, 1.807) is 17.6 Å². The molecule has 2 rings (SSSR count). The summed E-state index contributed by atoms with van der Waals surface area (Å²) in [6.07, 6.45) is 3.90. The molecule has 4 nitrogen and oxygen atoms in total. The summed E-state index contributed by atoms with van der Waals surface area (Å²) in [5, 5.41) is 5.87. The lowest BCUT2D eigenvalue weighted by molar-refractivity contribution is -0.120. The van der Waals surface area contributed by atoms with E-state index in [9.17, 15) is 4.79 Å². The third-order valence-corrected chi connectivity index (χ3v) is 3.12. The first-order valence-electron chi connectivity index (χ1n) is 5.21. The molecule has 0 spiro atoms. The van der Waals surface area contributed by atoms with Crippen molar-refractivity contribution in [2.45, 2.75) is 6.42 Å². The highest BCUT2D eigenvalue weighted by Crippen LogP contribution is 2.04. The number of aromatic nitrogens is 1. The second kappa shape index (κ2) is 5.45. The standard InChI is InChI=1S/C12H13N3OS/c1-15-6-2-4-10(15)8-12(16)14-13-9-11-5-3-7-17-11/h2-7,9H,8H2,1H3,(H,14,16). The van der Waals surface area contributed by atoms with Crippen LogP contribution in [0.25, 0.3) is 0 Å². The summed E-state index contributed by atoms with van der Waals surface area (Å²) in [6, 6.07) is 7.72. The quantitative estimate of drug-likeness (QED) is 0.649. The molecule has 1 amide bonds. The van der Waals surface area contributed by atoms with Gasteiger partial charge in [0.1, 0.15) is 0 Å². The number of nitrogens with one attached hydrogen (secondary N) is 1. The van der Waals surface area contributed by atoms with Crippen LogP contribution in [0, 0.1) is 0 Å². The van der Waals surface area contributed by atoms with Crippen molar-refractivity contribution in [2.75, 3.05) is 0 Å². The zero-order valence-electron chi connectivity index (χ0n) is 9.46. The fraction of sp³-hybridized carbons (Fsp3) is 0.167. The molecule has 0 aliphatic carbocycles. The first-order chi connectivity index (χ1) is 8.25. The van der Waals surface area contributed by atoms with Crippen LogP contribution in [0.3, 0.4) is 0 Å². The molecule has 0 fully saturated rings. The Morgan fingerprint density at radius 2 is 2.41 bits per heavy atom. The molecule has 2 heterocycles. The third-order valence-electron chi connectivity index (χ3n) is 2.32. The van der Waals surface area contributed by atoms with Crippen molar-refractivity contribution in [3.8, 4) is 0 Å². The molecule has 88 valence electrons. The van der Waals surface area contributed by atoms with Crippen LogP contribution in [0.1, 0.15) is 10.6 Å². The molecule has 1 N–H and O–H groups in total. The van der Waals surface area contributed by atoms with Crippen molar-refractivity contribution in [3.05, 3.63) is 46.4 Å². The minimum absolute atomic E-state index is 0.111. The number of amides is 1. The number of hydrogen-bond donors (Lipinski definition) is 1. The number of thiophene rings is 1. The van der Waals surface area contributed by atoms with E-state index >= 15 is 0 Å². The van der Waals surface area contributed by atoms with Crippen LogP contribution in [0.5, 0.6) is 0 Å². The van der Waals surface area contributed by atoms with Crippen molar-refractivity contribution < 1.29 is 4.79 Å². The number of carbonyl (C=O) groups excluding carboxylic acids is 1. The maximum Gasteiger partial charge on any atom is 0.245 e. The largest absolute Gasteiger partial charge is 0.354 e. The smallest absolute Gasteiger partial charge is 0.245 e. The van der Waals surface area contributed by atoms with E-state index in [-0.39, 0.29) is 5.91 Å². The summed E-state index contributed by atoms with van der Waals surface area (Å²) >= 11 is 1.58. The molecule has 2 aromatic rings. The molecule has 5 heteroatoms. The molecule has 2 aromatic heterocycles. The van der Waals surface area contributed by atoms with Crippen LogP contribution in [-0.4, -0.2) is 16.7 Å². The maximum atomic E-state index is 11.6. The van der Waals surface area contributed by atoms with Gasteiger partial charge in [-0.15, -0.1) is 11.3 Å². The summed E-state index contributed by atoms with van der Waals surface area (Å²) in [5.41, 5.74) is 3.48. The average Bonchev–Trinajstić information content (AvgIpc) is 2.92. The Labute approximate surface area is 104 Å². The molecule has 0 saturated carbocycles. The molecule has 0 unspecified atom stereocenters. The number of aryl methyl sites for hydroxylation is 1. The SMILES string of the molecule is Cn1cccc1CC(=O)NN=Cc1cccs1. The first-order valence-corrected chi connectivity index (χ1v) is 6.09. The van der Waals surface area contributed by atoms with Gasteiger partial charge in [-0.05, 0) is 23.6 Å². The number of rotatable bonds is 4. The monoisotopic (exact) mass is 247 g/mol. The molecular formula is C12H13N3OS. The van der Waals surface area contributed by atoms with Crippen LogP contribution >= 0.6 is 11.3 Å². The van der Waals surface area contributed by atoms with Gasteiger partial charge in [-0.25, -0.2) is 5.43 Å². The Bertz CT molecular complexity index is 514. The summed E-state index contributed by atoms with van der Waals surface area (Å²) in [5.74, 6) is -0.111. The van der Waals surface area contributed by atoms with E-state index in [1.807, 2.05) is 47.5 Å². The molecule has 17 heavy (non-hydrogen) atoms. The fourth-order valence-corrected chi connectivity index (χ4v) is 2.00. The molecule has 0 saturated heterocycles. The van der Waals surface area contributed by atoms with E-state index in [2.05, 4.69) is 10.5 Å². The van der Waals surface area contributed by atoms with Gasteiger partial charge in [0, 0.05) is 23.8 Å². The molecule has 0 aliphatic rings. The lowest BCUT2D eigenvalue weighted by Gasteiger charge is -2.01. The van der Waals surface area contributed by atoms with Crippen LogP contribution in [0.2, 0.25) is 0 Å². The summed E-state index contributed by atoms with van der Waals surface area (Å²) < 4.78 is 1.92. The van der Waals surface area contributed by atoms with Gasteiger partial charge in [-0.1, -0.05) is 6.07 Å². The Morgan fingerprint density at radius 1 is 1.53 bits per heavy atom. The summed E-state index contributed by atoms with van der Waals surface area (Å²) in [4.78, 5) is 12.6. The van der Waals surface area contributed by atoms with Gasteiger partial charge in [0.15, 0.2) is 0 Å². The van der Waals surface area contributed by atoms with E-state index in [0.29, 0.717) is 6.42 Å². The zero-order chi connectivity index (χ0) is 12.1. The van der Waals surface area contributed by atoms with Gasteiger partial charge < -0.3 is 4.57 Å². The van der Waals surface area contributed by atoms with Crippen LogP contribution in [-0.2, 0) is 18.3 Å². The second-order valence-corrected chi connectivity index (χ2v) is 4.58. The molecule has 0 radical (unpaired) electrons. The predicted octanol–water partition coefficient (Wildman–Crippen LogP) is 1.78. The number of hydrogen-bond acceptors (Lipinski definition) is 3. The fourth-order valence-electron chi connectivity index (χ4n) is 1.42. The normalized spacial score (nSPS) is 10.9. The highest BCUT2D eigenvalue weighted by Gasteiger charge is 2.04. The topological polar surface area (TPSA) is 46.4 Å². The van der Waals surface area contributed by atoms with Gasteiger partial charge in [0.2, 0.25) is 5.91 Å². The van der Waals surface area contributed by atoms with Crippen LogP contribution < -0.4 is 5.43 Å². The van der Waals surface area contributed by atoms with Crippen molar-refractivity contribution in [1.82, 2.24) is 9.99 Å². The third kappa shape index (κ3) is 3.29. The highest BCUT2D eigenvalue weighted by molar-refractivity contribution is 7.11. The van der Waals surface area contributed by atoms with E-state index in [1.165, 1.54) is 0 Å². The molecule has 0 aliphatic heterocycles. The minimum atomic E-state index is -0.111. The predicted molar refractivity (Wildman–Crippen MR) is 69.2 cm³/mol. The highest BCUT2D eigenvalue weighted by atomic mass is 32.1. The van der Waals surface area contributed by atoms with Gasteiger partial charge in [0.25, 0.3) is 0 Å². The van der Waals surface area contributed by atoms with Crippen molar-refractivity contribution >= 4 is 23.5 Å². The summed E-state index contributed by atoms with van der Waals surface area (Å²) in [7, 11) is 1.91. The molecular weight excluding hydrogens is 234 g/mol. The lowest BCUT2D eigenvalue weighted by atomic mass is 10.3. The maximum absolute atomic E-state index is 11.6. The van der Waals surface area contributed by atoms with Gasteiger partial charge in [0.05, 0.1) is 12.6 Å². The number of nitrogens with zero attached hydrogens (tertiary/aromatic N) is 2. The number of carbonyl (C=O) groups is 1. The van der Waals surface area contributed by atoms with Crippen molar-refractivity contribution in [3.63, 3.8) is 0 Å². The number of hydrazone groups is 1. The van der Waals surface area contributed by atoms with E-state index in [4.69, 9.17) is 0 Å². The van der Waals surface area contributed by atoms with Crippen molar-refractivity contribution in [2.24, 2.45) is 12.1 Å². The Hall–Kier alpha value is -1.88. The Balaban J connectivity index is 1.84. The van der Waals surface area contributed by atoms with E-state index in [0.717, 1.165) is 10.6 Å². The Kier molecular flexibility index (Phi) is 3.72. The van der Waals surface area contributed by atoms with Crippen molar-refractivity contribution in [1.29, 1.82) is 0 Å². The molecule has 0 aromatic carbocycles. The second-order valence-electron chi connectivity index (χ2n) is 3.60. The summed E-state index contributed by atoms with van der Waals surface area (Å²) in [6.45, 7) is 0. The minimum Gasteiger partial charge on any atom is -0.354 e. The zero-order valence-corrected chi connectivity index (χ0v) is 10.3. The van der Waals surface area contributed by atoms with Crippen LogP contribution in [0.4, 0.5) is 0 Å². The molecule has 0 atom stereocenters. The van der Waals surface area contributed by atoms with Crippen LogP contribution in [0.15, 0.2) is 40.9 Å². The van der Waals surface area contributed by atoms with Gasteiger partial charge in [-0.3, -0.25) is 4.79 Å².